The molecule has 2 aromatic rings. The van der Waals surface area contributed by atoms with Crippen LogP contribution in [0.3, 0.4) is 0 Å². The number of benzene rings is 1. The summed E-state index contributed by atoms with van der Waals surface area (Å²) in [5.74, 6) is -3.53. The monoisotopic (exact) mass is 524 g/mol. The van der Waals surface area contributed by atoms with Crippen molar-refractivity contribution in [2.75, 3.05) is 31.6 Å². The molecule has 1 fully saturated rings. The van der Waals surface area contributed by atoms with Crippen LogP contribution in [0.15, 0.2) is 29.3 Å². The Morgan fingerprint density at radius 3 is 2.46 bits per heavy atom. The molecule has 35 heavy (non-hydrogen) atoms. The molecule has 0 saturated carbocycles. The molecule has 8 nitrogen and oxygen atoms in total. The van der Waals surface area contributed by atoms with Gasteiger partial charge in [-0.2, -0.15) is 13.2 Å². The van der Waals surface area contributed by atoms with Gasteiger partial charge in [0, 0.05) is 31.0 Å². The molecule has 1 amide bonds. The fraction of sp³-hybridized carbons (Fsp3) is 0.476. The van der Waals surface area contributed by atoms with Crippen LogP contribution >= 0.6 is 0 Å². The van der Waals surface area contributed by atoms with Crippen molar-refractivity contribution < 1.29 is 39.9 Å². The van der Waals surface area contributed by atoms with Gasteiger partial charge in [-0.25, -0.2) is 17.2 Å². The highest BCUT2D eigenvalue weighted by Crippen LogP contribution is 2.30. The minimum absolute atomic E-state index is 0.0589. The van der Waals surface area contributed by atoms with E-state index in [0.29, 0.717) is 12.8 Å². The van der Waals surface area contributed by atoms with Gasteiger partial charge in [0.25, 0.3) is 5.91 Å². The number of nitrogens with zero attached hydrogens (tertiary/aromatic N) is 2. The molecule has 1 aliphatic rings. The van der Waals surface area contributed by atoms with Crippen LogP contribution in [0.25, 0.3) is 0 Å². The number of thiol groups is 1. The van der Waals surface area contributed by atoms with E-state index in [0.717, 1.165) is 18.2 Å². The van der Waals surface area contributed by atoms with E-state index in [4.69, 9.17) is 10.5 Å². The number of aromatic nitrogens is 1. The van der Waals surface area contributed by atoms with Crippen LogP contribution in [0, 0.1) is 17.6 Å². The van der Waals surface area contributed by atoms with Gasteiger partial charge in [0.2, 0.25) is 0 Å². The third-order valence-corrected chi connectivity index (χ3v) is 6.48. The molecule has 1 unspecified atom stereocenters. The van der Waals surface area contributed by atoms with E-state index >= 15 is 0 Å². The molecular weight excluding hydrogens is 499 g/mol. The lowest BCUT2D eigenvalue weighted by atomic mass is 9.90. The highest BCUT2D eigenvalue weighted by atomic mass is 32.2. The summed E-state index contributed by atoms with van der Waals surface area (Å²) in [5, 5.41) is 2.36. The molecule has 1 aromatic carbocycles. The predicted octanol–water partition coefficient (Wildman–Crippen LogP) is 2.51. The fourth-order valence-corrected chi connectivity index (χ4v) is 4.60. The topological polar surface area (TPSA) is 107 Å². The largest absolute Gasteiger partial charge is 0.488 e. The molecule has 1 aliphatic heterocycles. The summed E-state index contributed by atoms with van der Waals surface area (Å²) in [6.07, 6.45) is -2.31. The minimum Gasteiger partial charge on any atom is -0.488 e. The number of amides is 1. The number of hydrogen-bond donors (Lipinski definition) is 3. The number of rotatable bonds is 8. The number of carbonyl (C=O) groups excluding carboxylic acids is 1. The third-order valence-electron chi connectivity index (χ3n) is 5.77. The summed E-state index contributed by atoms with van der Waals surface area (Å²) in [4.78, 5) is 13.9. The second-order valence-electron chi connectivity index (χ2n) is 8.35. The van der Waals surface area contributed by atoms with Crippen LogP contribution in [0.1, 0.15) is 23.3 Å². The van der Waals surface area contributed by atoms with Crippen LogP contribution in [0.2, 0.25) is 0 Å². The van der Waals surface area contributed by atoms with Crippen molar-refractivity contribution in [2.24, 2.45) is 18.7 Å². The molecule has 0 bridgehead atoms. The first kappa shape index (κ1) is 26.9. The number of carbonyl (C=O) groups is 1. The molecule has 1 atom stereocenters. The summed E-state index contributed by atoms with van der Waals surface area (Å²) in [6.45, 7) is -0.757. The Hall–Kier alpha value is -2.71. The maximum Gasteiger partial charge on any atom is 0.401 e. The van der Waals surface area contributed by atoms with Crippen molar-refractivity contribution in [2.45, 2.75) is 30.0 Å². The summed E-state index contributed by atoms with van der Waals surface area (Å²) in [6, 6.07) is 2.11. The number of nitrogens with two attached hydrogens (primary N) is 1. The number of nitrogens with one attached hydrogen (secondary N) is 1. The number of likely N-dealkylation sites (tertiary alicyclic amines) is 1. The second-order valence-corrected chi connectivity index (χ2v) is 9.34. The van der Waals surface area contributed by atoms with Gasteiger partial charge in [0.05, 0.1) is 6.54 Å². The lowest BCUT2D eigenvalue weighted by Gasteiger charge is -2.34. The molecule has 0 spiro atoms. The van der Waals surface area contributed by atoms with E-state index in [-0.39, 0.29) is 47.6 Å². The molecule has 0 aliphatic carbocycles. The van der Waals surface area contributed by atoms with E-state index in [1.807, 2.05) is 0 Å². The van der Waals surface area contributed by atoms with Gasteiger partial charge in [0.15, 0.2) is 33.8 Å². The number of piperidine rings is 1. The van der Waals surface area contributed by atoms with Crippen LogP contribution < -0.4 is 15.8 Å². The molecule has 2 heterocycles. The zero-order chi connectivity index (χ0) is 25.9. The van der Waals surface area contributed by atoms with Crippen LogP contribution in [0.4, 0.5) is 27.6 Å². The second kappa shape index (κ2) is 10.9. The summed E-state index contributed by atoms with van der Waals surface area (Å²) in [7, 11) is -1.75. The average molecular weight is 525 g/mol. The van der Waals surface area contributed by atoms with E-state index in [2.05, 4.69) is 5.32 Å². The number of halogens is 5. The normalized spacial score (nSPS) is 16.5. The Bertz CT molecular complexity index is 1140. The molecule has 14 heteroatoms. The fourth-order valence-electron chi connectivity index (χ4n) is 4.00. The van der Waals surface area contributed by atoms with Crippen molar-refractivity contribution in [3.05, 3.63) is 41.7 Å². The molecule has 3 rings (SSSR count). The van der Waals surface area contributed by atoms with E-state index in [1.54, 1.807) is 0 Å². The highest BCUT2D eigenvalue weighted by molar-refractivity contribution is 7.72. The first-order chi connectivity index (χ1) is 16.4. The number of alkyl halides is 3. The maximum absolute atomic E-state index is 13.5. The van der Waals surface area contributed by atoms with Gasteiger partial charge < -0.3 is 20.4 Å². The quantitative estimate of drug-likeness (QED) is 0.362. The van der Waals surface area contributed by atoms with Gasteiger partial charge in [-0.3, -0.25) is 9.69 Å². The first-order valence-electron chi connectivity index (χ1n) is 10.6. The SMILES string of the molecule is Cn1cc([SH](=O)=O)c(OCC(N)C2CCN(CC(F)(F)F)CC2)c1C(=O)Nc1ccc(F)c(F)c1. The van der Waals surface area contributed by atoms with Gasteiger partial charge in [0.1, 0.15) is 11.5 Å². The molecule has 1 aromatic heterocycles. The Morgan fingerprint density at radius 1 is 1.23 bits per heavy atom. The molecule has 1 saturated heterocycles. The van der Waals surface area contributed by atoms with Crippen LogP contribution in [-0.4, -0.2) is 62.3 Å². The summed E-state index contributed by atoms with van der Waals surface area (Å²) < 4.78 is 94.7. The van der Waals surface area contributed by atoms with E-state index in [9.17, 15) is 35.2 Å². The molecule has 0 radical (unpaired) electrons. The predicted molar refractivity (Wildman–Crippen MR) is 117 cm³/mol. The Kier molecular flexibility index (Phi) is 8.38. The van der Waals surface area contributed by atoms with Crippen molar-refractivity contribution in [1.82, 2.24) is 9.47 Å². The van der Waals surface area contributed by atoms with Crippen molar-refractivity contribution in [1.29, 1.82) is 0 Å². The van der Waals surface area contributed by atoms with Gasteiger partial charge in [-0.05, 0) is 44.0 Å². The highest BCUT2D eigenvalue weighted by Gasteiger charge is 2.34. The molecule has 3 N–H and O–H groups in total. The van der Waals surface area contributed by atoms with E-state index < -0.39 is 47.0 Å². The van der Waals surface area contributed by atoms with Gasteiger partial charge >= 0.3 is 6.18 Å². The van der Waals surface area contributed by atoms with Crippen LogP contribution in [-0.2, 0) is 17.8 Å². The van der Waals surface area contributed by atoms with Crippen molar-refractivity contribution in [3.63, 3.8) is 0 Å². The zero-order valence-corrected chi connectivity index (χ0v) is 19.5. The van der Waals surface area contributed by atoms with E-state index in [1.165, 1.54) is 22.7 Å². The Labute approximate surface area is 199 Å². The van der Waals surface area contributed by atoms with Gasteiger partial charge in [-0.15, -0.1) is 0 Å². The smallest absolute Gasteiger partial charge is 0.401 e. The van der Waals surface area contributed by atoms with Gasteiger partial charge in [-0.1, -0.05) is 0 Å². The first-order valence-corrected chi connectivity index (χ1v) is 11.8. The molecule has 194 valence electrons. The molecular formula is C21H25F5N4O4S. The number of anilines is 1. The van der Waals surface area contributed by atoms with Crippen molar-refractivity contribution >= 4 is 22.3 Å². The number of ether oxygens (including phenoxy) is 1. The number of aryl methyl sites for hydroxylation is 1. The number of hydrogen-bond acceptors (Lipinski definition) is 6. The van der Waals surface area contributed by atoms with Crippen LogP contribution in [0.5, 0.6) is 5.75 Å². The average Bonchev–Trinajstić information content (AvgIpc) is 3.10. The standard InChI is InChI=1S/C21H25F5N4O4S/c1-29-9-17(35(32)33)19(18(29)20(31)28-13-2-3-14(22)15(23)8-13)34-10-16(27)12-4-6-30(7-5-12)11-21(24,25)26/h2-3,8-9,12,16,35H,4-7,10-11,27H2,1H3,(H,28,31). The Morgan fingerprint density at radius 2 is 1.89 bits per heavy atom. The Balaban J connectivity index is 1.71. The maximum atomic E-state index is 13.5. The lowest BCUT2D eigenvalue weighted by molar-refractivity contribution is -0.148. The van der Waals surface area contributed by atoms with Crippen molar-refractivity contribution in [3.8, 4) is 5.75 Å². The zero-order valence-electron chi connectivity index (χ0n) is 18.6. The lowest BCUT2D eigenvalue weighted by Crippen LogP contribution is -2.45. The summed E-state index contributed by atoms with van der Waals surface area (Å²) in [5.41, 5.74) is 5.94. The third kappa shape index (κ3) is 6.92. The summed E-state index contributed by atoms with van der Waals surface area (Å²) >= 11 is 0. The minimum atomic E-state index is -4.28.